The van der Waals surface area contributed by atoms with E-state index in [1.54, 1.807) is 24.3 Å². The van der Waals surface area contributed by atoms with Crippen LogP contribution in [-0.2, 0) is 11.2 Å². The largest absolute Gasteiger partial charge is 0.483 e. The van der Waals surface area contributed by atoms with E-state index >= 15 is 0 Å². The molecule has 0 aliphatic heterocycles. The van der Waals surface area contributed by atoms with Gasteiger partial charge in [0.15, 0.2) is 6.61 Å². The van der Waals surface area contributed by atoms with Gasteiger partial charge in [-0.2, -0.15) is 0 Å². The maximum absolute atomic E-state index is 12.6. The number of para-hydroxylation sites is 3. The molecule has 0 aliphatic rings. The van der Waals surface area contributed by atoms with Crippen LogP contribution < -0.4 is 15.4 Å². The van der Waals surface area contributed by atoms with Crippen LogP contribution in [-0.4, -0.2) is 18.4 Å². The van der Waals surface area contributed by atoms with E-state index in [1.165, 1.54) is 0 Å². The number of carbonyl (C=O) groups is 2. The fraction of sp³-hybridized carbons (Fsp3) is 0.167. The van der Waals surface area contributed by atoms with Gasteiger partial charge in [0, 0.05) is 11.4 Å². The quantitative estimate of drug-likeness (QED) is 0.609. The monoisotopic (exact) mass is 388 g/mol. The molecule has 2 amide bonds. The molecule has 3 aromatic carbocycles. The van der Waals surface area contributed by atoms with Crippen LogP contribution in [0.5, 0.6) is 5.75 Å². The van der Waals surface area contributed by atoms with Crippen molar-refractivity contribution in [2.75, 3.05) is 17.2 Å². The molecule has 0 atom stereocenters. The zero-order valence-electron chi connectivity index (χ0n) is 16.6. The predicted octanol–water partition coefficient (Wildman–Crippen LogP) is 4.83. The first kappa shape index (κ1) is 20.1. The van der Waals surface area contributed by atoms with Crippen molar-refractivity contribution in [1.29, 1.82) is 0 Å². The Morgan fingerprint density at radius 3 is 2.34 bits per heavy atom. The molecule has 3 rings (SSSR count). The topological polar surface area (TPSA) is 67.4 Å². The van der Waals surface area contributed by atoms with Gasteiger partial charge in [0.1, 0.15) is 5.75 Å². The van der Waals surface area contributed by atoms with Crippen LogP contribution in [0.2, 0.25) is 0 Å². The van der Waals surface area contributed by atoms with Crippen LogP contribution in [0.4, 0.5) is 11.4 Å². The van der Waals surface area contributed by atoms with Crippen molar-refractivity contribution < 1.29 is 14.3 Å². The second kappa shape index (κ2) is 9.55. The number of aryl methyl sites for hydroxylation is 2. The first-order valence-electron chi connectivity index (χ1n) is 9.55. The van der Waals surface area contributed by atoms with Crippen LogP contribution in [0.1, 0.15) is 28.4 Å². The molecule has 0 aliphatic carbocycles. The Morgan fingerprint density at radius 2 is 1.59 bits per heavy atom. The van der Waals surface area contributed by atoms with Gasteiger partial charge in [0.25, 0.3) is 11.8 Å². The predicted molar refractivity (Wildman–Crippen MR) is 116 cm³/mol. The number of ether oxygens (including phenoxy) is 1. The minimum Gasteiger partial charge on any atom is -0.483 e. The van der Waals surface area contributed by atoms with Crippen LogP contribution in [0.25, 0.3) is 0 Å². The van der Waals surface area contributed by atoms with Crippen molar-refractivity contribution >= 4 is 23.2 Å². The van der Waals surface area contributed by atoms with Crippen molar-refractivity contribution in [3.05, 3.63) is 89.5 Å². The zero-order chi connectivity index (χ0) is 20.6. The fourth-order valence-electron chi connectivity index (χ4n) is 3.02. The summed E-state index contributed by atoms with van der Waals surface area (Å²) in [5.41, 5.74) is 3.95. The number of nitrogens with one attached hydrogen (secondary N) is 2. The van der Waals surface area contributed by atoms with Gasteiger partial charge in [-0.3, -0.25) is 9.59 Å². The van der Waals surface area contributed by atoms with Crippen molar-refractivity contribution in [3.63, 3.8) is 0 Å². The standard InChI is InChI=1S/C24H24N2O3/c1-3-18-11-9-10-17(2)23(18)26-22(27)16-29-21-15-8-7-14-20(21)24(28)25-19-12-5-4-6-13-19/h4-15H,3,16H2,1-2H3,(H,25,28)(H,26,27). The van der Waals surface area contributed by atoms with Crippen molar-refractivity contribution in [1.82, 2.24) is 0 Å². The molecule has 3 aromatic rings. The Hall–Kier alpha value is -3.60. The average molecular weight is 388 g/mol. The lowest BCUT2D eigenvalue weighted by Gasteiger charge is -2.14. The van der Waals surface area contributed by atoms with Gasteiger partial charge in [-0.1, -0.05) is 55.5 Å². The number of rotatable bonds is 7. The Balaban J connectivity index is 1.67. The smallest absolute Gasteiger partial charge is 0.262 e. The van der Waals surface area contributed by atoms with E-state index in [0.29, 0.717) is 17.0 Å². The Labute approximate surface area is 170 Å². The number of carbonyl (C=O) groups excluding carboxylic acids is 2. The molecule has 0 spiro atoms. The highest BCUT2D eigenvalue weighted by Crippen LogP contribution is 2.22. The molecule has 0 heterocycles. The van der Waals surface area contributed by atoms with Crippen LogP contribution in [0.3, 0.4) is 0 Å². The highest BCUT2D eigenvalue weighted by atomic mass is 16.5. The molecule has 2 N–H and O–H groups in total. The molecule has 29 heavy (non-hydrogen) atoms. The van der Waals surface area contributed by atoms with E-state index in [0.717, 1.165) is 23.2 Å². The summed E-state index contributed by atoms with van der Waals surface area (Å²) in [6.07, 6.45) is 0.820. The van der Waals surface area contributed by atoms with Gasteiger partial charge >= 0.3 is 0 Å². The summed E-state index contributed by atoms with van der Waals surface area (Å²) in [6, 6.07) is 22.0. The number of hydrogen-bond donors (Lipinski definition) is 2. The minimum absolute atomic E-state index is 0.187. The number of hydrogen-bond acceptors (Lipinski definition) is 3. The molecule has 0 radical (unpaired) electrons. The van der Waals surface area contributed by atoms with E-state index < -0.39 is 0 Å². The van der Waals surface area contributed by atoms with Crippen molar-refractivity contribution in [2.24, 2.45) is 0 Å². The van der Waals surface area contributed by atoms with Gasteiger partial charge in [-0.05, 0) is 48.7 Å². The molecular formula is C24H24N2O3. The molecular weight excluding hydrogens is 364 g/mol. The first-order chi connectivity index (χ1) is 14.1. The van der Waals surface area contributed by atoms with E-state index in [1.807, 2.05) is 62.4 Å². The molecule has 0 saturated heterocycles. The minimum atomic E-state index is -0.292. The summed E-state index contributed by atoms with van der Waals surface area (Å²) in [4.78, 5) is 25.0. The van der Waals surface area contributed by atoms with Gasteiger partial charge in [0.05, 0.1) is 5.56 Å². The highest BCUT2D eigenvalue weighted by molar-refractivity contribution is 6.06. The molecule has 0 saturated carbocycles. The van der Waals surface area contributed by atoms with Crippen LogP contribution >= 0.6 is 0 Å². The van der Waals surface area contributed by atoms with Crippen LogP contribution in [0, 0.1) is 6.92 Å². The SMILES string of the molecule is CCc1cccc(C)c1NC(=O)COc1ccccc1C(=O)Nc1ccccc1. The van der Waals surface area contributed by atoms with E-state index in [-0.39, 0.29) is 18.4 Å². The maximum atomic E-state index is 12.6. The fourth-order valence-corrected chi connectivity index (χ4v) is 3.02. The summed E-state index contributed by atoms with van der Waals surface area (Å²) in [5.74, 6) is -0.205. The highest BCUT2D eigenvalue weighted by Gasteiger charge is 2.14. The normalized spacial score (nSPS) is 10.3. The third-order valence-electron chi connectivity index (χ3n) is 4.53. The number of benzene rings is 3. The summed E-state index contributed by atoms with van der Waals surface area (Å²) in [5, 5.41) is 5.75. The van der Waals surface area contributed by atoms with Gasteiger partial charge in [0.2, 0.25) is 0 Å². The lowest BCUT2D eigenvalue weighted by Crippen LogP contribution is -2.22. The van der Waals surface area contributed by atoms with Gasteiger partial charge < -0.3 is 15.4 Å². The maximum Gasteiger partial charge on any atom is 0.262 e. The summed E-state index contributed by atoms with van der Waals surface area (Å²) < 4.78 is 5.67. The zero-order valence-corrected chi connectivity index (χ0v) is 16.6. The van der Waals surface area contributed by atoms with Gasteiger partial charge in [-0.25, -0.2) is 0 Å². The Bertz CT molecular complexity index is 1000. The number of anilines is 2. The third kappa shape index (κ3) is 5.23. The van der Waals surface area contributed by atoms with Gasteiger partial charge in [-0.15, -0.1) is 0 Å². The first-order valence-corrected chi connectivity index (χ1v) is 9.55. The lowest BCUT2D eigenvalue weighted by molar-refractivity contribution is -0.118. The summed E-state index contributed by atoms with van der Waals surface area (Å²) >= 11 is 0. The summed E-state index contributed by atoms with van der Waals surface area (Å²) in [7, 11) is 0. The third-order valence-corrected chi connectivity index (χ3v) is 4.53. The lowest BCUT2D eigenvalue weighted by atomic mass is 10.1. The molecule has 5 heteroatoms. The molecule has 0 aromatic heterocycles. The second-order valence-electron chi connectivity index (χ2n) is 6.62. The molecule has 0 unspecified atom stereocenters. The van der Waals surface area contributed by atoms with E-state index in [4.69, 9.17) is 4.74 Å². The molecule has 5 nitrogen and oxygen atoms in total. The van der Waals surface area contributed by atoms with Crippen molar-refractivity contribution in [3.8, 4) is 5.75 Å². The Morgan fingerprint density at radius 1 is 0.862 bits per heavy atom. The second-order valence-corrected chi connectivity index (χ2v) is 6.62. The average Bonchev–Trinajstić information content (AvgIpc) is 2.74. The van der Waals surface area contributed by atoms with Crippen LogP contribution in [0.15, 0.2) is 72.8 Å². The van der Waals surface area contributed by atoms with E-state index in [2.05, 4.69) is 10.6 Å². The molecule has 148 valence electrons. The van der Waals surface area contributed by atoms with E-state index in [9.17, 15) is 9.59 Å². The Kier molecular flexibility index (Phi) is 6.63. The summed E-state index contributed by atoms with van der Waals surface area (Å²) in [6.45, 7) is 3.81. The molecule has 0 fully saturated rings. The van der Waals surface area contributed by atoms with Crippen molar-refractivity contribution in [2.45, 2.75) is 20.3 Å². The number of amides is 2. The molecule has 0 bridgehead atoms.